The van der Waals surface area contributed by atoms with Gasteiger partial charge in [0, 0.05) is 23.7 Å². The Balaban J connectivity index is 1.72. The molecule has 1 aromatic carbocycles. The third kappa shape index (κ3) is 3.51. The van der Waals surface area contributed by atoms with Gasteiger partial charge in [-0.2, -0.15) is 0 Å². The monoisotopic (exact) mass is 394 g/mol. The maximum atomic E-state index is 13.1. The number of carbonyl (C=O) groups excluding carboxylic acids is 2. The van der Waals surface area contributed by atoms with Crippen LogP contribution in [0.4, 0.5) is 4.39 Å². The van der Waals surface area contributed by atoms with Crippen LogP contribution in [0.1, 0.15) is 45.8 Å². The van der Waals surface area contributed by atoms with Gasteiger partial charge < -0.3 is 4.74 Å². The van der Waals surface area contributed by atoms with Gasteiger partial charge >= 0.3 is 0 Å². The molecular formula is C22H19FN2O4. The Morgan fingerprint density at radius 2 is 1.86 bits per heavy atom. The average Bonchev–Trinajstić information content (AvgIpc) is 3.38. The Kier molecular flexibility index (Phi) is 4.88. The molecule has 3 aromatic rings. The molecule has 0 saturated carbocycles. The lowest BCUT2D eigenvalue weighted by atomic mass is 10.1. The third-order valence-electron chi connectivity index (χ3n) is 5.10. The van der Waals surface area contributed by atoms with Crippen molar-refractivity contribution in [3.05, 3.63) is 87.9 Å². The minimum atomic E-state index is -0.697. The van der Waals surface area contributed by atoms with Gasteiger partial charge in [-0.05, 0) is 55.7 Å². The van der Waals surface area contributed by atoms with Gasteiger partial charge in [-0.3, -0.25) is 23.5 Å². The van der Waals surface area contributed by atoms with Crippen molar-refractivity contribution in [1.82, 2.24) is 9.13 Å². The Morgan fingerprint density at radius 3 is 2.52 bits per heavy atom. The Morgan fingerprint density at radius 1 is 1.17 bits per heavy atom. The summed E-state index contributed by atoms with van der Waals surface area (Å²) in [5.74, 6) is -0.803. The topological polar surface area (TPSA) is 70.3 Å². The van der Waals surface area contributed by atoms with Crippen LogP contribution in [0.15, 0.2) is 59.7 Å². The molecule has 0 N–H and O–H groups in total. The summed E-state index contributed by atoms with van der Waals surface area (Å²) in [6.07, 6.45) is 4.16. The smallest absolute Gasteiger partial charge is 0.293 e. The van der Waals surface area contributed by atoms with E-state index in [1.165, 1.54) is 34.3 Å². The molecule has 1 atom stereocenters. The van der Waals surface area contributed by atoms with E-state index in [2.05, 4.69) is 0 Å². The Labute approximate surface area is 166 Å². The quantitative estimate of drug-likeness (QED) is 0.622. The van der Waals surface area contributed by atoms with Crippen LogP contribution in [0.5, 0.6) is 5.75 Å². The maximum absolute atomic E-state index is 13.1. The highest BCUT2D eigenvalue weighted by Crippen LogP contribution is 2.30. The number of Topliss-reactive ketones (excluding diaryl/α,β-unsaturated/α-hetero) is 1. The first-order valence-corrected chi connectivity index (χ1v) is 9.29. The number of nitrogens with zero attached hydrogens (tertiary/aromatic N) is 2. The fraction of sp³-hybridized carbons (Fsp3) is 0.227. The molecule has 29 heavy (non-hydrogen) atoms. The molecule has 0 saturated heterocycles. The van der Waals surface area contributed by atoms with Gasteiger partial charge in [0.2, 0.25) is 0 Å². The van der Waals surface area contributed by atoms with Crippen molar-refractivity contribution >= 4 is 11.7 Å². The number of ether oxygens (including phenoxy) is 1. The second kappa shape index (κ2) is 7.50. The summed E-state index contributed by atoms with van der Waals surface area (Å²) in [6.45, 7) is 1.47. The van der Waals surface area contributed by atoms with Crippen molar-refractivity contribution in [2.45, 2.75) is 32.4 Å². The van der Waals surface area contributed by atoms with Crippen LogP contribution in [-0.2, 0) is 13.0 Å². The lowest BCUT2D eigenvalue weighted by Gasteiger charge is -2.17. The van der Waals surface area contributed by atoms with E-state index in [4.69, 9.17) is 4.74 Å². The first-order valence-electron chi connectivity index (χ1n) is 9.29. The summed E-state index contributed by atoms with van der Waals surface area (Å²) in [6, 6.07) is 9.96. The van der Waals surface area contributed by atoms with Crippen molar-refractivity contribution in [1.29, 1.82) is 0 Å². The predicted octanol–water partition coefficient (Wildman–Crippen LogP) is 3.40. The molecule has 0 aliphatic carbocycles. The first-order chi connectivity index (χ1) is 14.0. The zero-order chi connectivity index (χ0) is 20.5. The van der Waals surface area contributed by atoms with Gasteiger partial charge in [0.25, 0.3) is 11.5 Å². The van der Waals surface area contributed by atoms with Crippen molar-refractivity contribution in [2.75, 3.05) is 0 Å². The van der Waals surface area contributed by atoms with E-state index in [0.29, 0.717) is 29.7 Å². The van der Waals surface area contributed by atoms with Crippen LogP contribution in [0.3, 0.4) is 0 Å². The van der Waals surface area contributed by atoms with Crippen LogP contribution >= 0.6 is 0 Å². The number of hydrogen-bond donors (Lipinski definition) is 0. The molecule has 0 bridgehead atoms. The van der Waals surface area contributed by atoms with Crippen molar-refractivity contribution < 1.29 is 18.7 Å². The van der Waals surface area contributed by atoms with Crippen molar-refractivity contribution in [3.63, 3.8) is 0 Å². The summed E-state index contributed by atoms with van der Waals surface area (Å²) < 4.78 is 21.6. The molecule has 3 heterocycles. The molecule has 0 spiro atoms. The van der Waals surface area contributed by atoms with Crippen LogP contribution in [0.25, 0.3) is 0 Å². The molecule has 1 aliphatic rings. The summed E-state index contributed by atoms with van der Waals surface area (Å²) >= 11 is 0. The SMILES string of the molecule is CC(=O)c1cc(OCc2ccc(F)cc2)c(=O)n2c1CC[C@H]2C(=O)n1cccc1. The Bertz CT molecular complexity index is 1130. The maximum Gasteiger partial charge on any atom is 0.293 e. The van der Waals surface area contributed by atoms with E-state index in [1.807, 2.05) is 0 Å². The lowest BCUT2D eigenvalue weighted by molar-refractivity contribution is 0.0841. The van der Waals surface area contributed by atoms with Crippen molar-refractivity contribution in [2.24, 2.45) is 0 Å². The van der Waals surface area contributed by atoms with Gasteiger partial charge in [-0.15, -0.1) is 0 Å². The van der Waals surface area contributed by atoms with E-state index in [1.54, 1.807) is 36.7 Å². The van der Waals surface area contributed by atoms with Crippen LogP contribution < -0.4 is 10.3 Å². The van der Waals surface area contributed by atoms with Gasteiger partial charge in [0.1, 0.15) is 18.5 Å². The predicted molar refractivity (Wildman–Crippen MR) is 104 cm³/mol. The highest BCUT2D eigenvalue weighted by atomic mass is 19.1. The fourth-order valence-electron chi connectivity index (χ4n) is 3.67. The molecule has 0 unspecified atom stereocenters. The largest absolute Gasteiger partial charge is 0.483 e. The number of hydrogen-bond acceptors (Lipinski definition) is 4. The van der Waals surface area contributed by atoms with Crippen LogP contribution in [-0.4, -0.2) is 20.8 Å². The molecule has 148 valence electrons. The molecule has 2 aromatic heterocycles. The number of rotatable bonds is 5. The number of aromatic nitrogens is 2. The highest BCUT2D eigenvalue weighted by Gasteiger charge is 2.33. The molecule has 4 rings (SSSR count). The molecular weight excluding hydrogens is 375 g/mol. The molecule has 7 heteroatoms. The van der Waals surface area contributed by atoms with E-state index < -0.39 is 11.6 Å². The first kappa shape index (κ1) is 18.9. The number of carbonyl (C=O) groups is 2. The second-order valence-corrected chi connectivity index (χ2v) is 7.00. The van der Waals surface area contributed by atoms with Crippen molar-refractivity contribution in [3.8, 4) is 5.75 Å². The van der Waals surface area contributed by atoms with E-state index in [-0.39, 0.29) is 29.9 Å². The number of benzene rings is 1. The number of fused-ring (bicyclic) bond motifs is 1. The standard InChI is InChI=1S/C22H19FN2O4/c1-14(26)17-12-20(29-13-15-4-6-16(23)7-5-15)22(28)25-18(17)8-9-19(25)21(27)24-10-2-3-11-24/h2-7,10-12,19H,8-9,13H2,1H3/t19-/m0/s1. The molecule has 0 amide bonds. The van der Waals surface area contributed by atoms with Crippen LogP contribution in [0, 0.1) is 5.82 Å². The molecule has 6 nitrogen and oxygen atoms in total. The minimum Gasteiger partial charge on any atom is -0.483 e. The second-order valence-electron chi connectivity index (χ2n) is 7.00. The van der Waals surface area contributed by atoms with E-state index in [0.717, 1.165) is 0 Å². The highest BCUT2D eigenvalue weighted by molar-refractivity contribution is 5.96. The van der Waals surface area contributed by atoms with E-state index >= 15 is 0 Å². The van der Waals surface area contributed by atoms with Gasteiger partial charge in [-0.1, -0.05) is 12.1 Å². The van der Waals surface area contributed by atoms with Crippen LogP contribution in [0.2, 0.25) is 0 Å². The zero-order valence-electron chi connectivity index (χ0n) is 15.8. The molecule has 1 aliphatic heterocycles. The fourth-order valence-corrected chi connectivity index (χ4v) is 3.67. The summed E-state index contributed by atoms with van der Waals surface area (Å²) in [7, 11) is 0. The summed E-state index contributed by atoms with van der Waals surface area (Å²) in [5.41, 5.74) is 1.17. The number of ketones is 1. The molecule has 0 fully saturated rings. The lowest BCUT2D eigenvalue weighted by Crippen LogP contribution is -2.32. The number of halogens is 1. The zero-order valence-corrected chi connectivity index (χ0v) is 15.8. The summed E-state index contributed by atoms with van der Waals surface area (Å²) in [5, 5.41) is 0. The van der Waals surface area contributed by atoms with Gasteiger partial charge in [0.15, 0.2) is 11.5 Å². The van der Waals surface area contributed by atoms with Gasteiger partial charge in [-0.25, -0.2) is 4.39 Å². The third-order valence-corrected chi connectivity index (χ3v) is 5.10. The minimum absolute atomic E-state index is 0.00418. The van der Waals surface area contributed by atoms with E-state index in [9.17, 15) is 18.8 Å². The normalized spacial score (nSPS) is 15.2. The average molecular weight is 394 g/mol. The molecule has 0 radical (unpaired) electrons. The summed E-state index contributed by atoms with van der Waals surface area (Å²) in [4.78, 5) is 38.2. The van der Waals surface area contributed by atoms with Gasteiger partial charge in [0.05, 0.1) is 0 Å². The number of pyridine rings is 1. The Hall–Kier alpha value is -3.48.